The molecule has 9 heteroatoms. The first-order valence-corrected chi connectivity index (χ1v) is 11.0. The molecule has 4 rings (SSSR count). The normalized spacial score (nSPS) is 11.1. The summed E-state index contributed by atoms with van der Waals surface area (Å²) in [5, 5.41) is 13.5. The number of nitrogens with zero attached hydrogens (tertiary/aromatic N) is 3. The number of anilines is 1. The number of rotatable bonds is 6. The highest BCUT2D eigenvalue weighted by Crippen LogP contribution is 2.31. The van der Waals surface area contributed by atoms with Crippen LogP contribution in [0, 0.1) is 0 Å². The minimum absolute atomic E-state index is 0.163. The Balaban J connectivity index is 1.51. The molecule has 0 radical (unpaired) electrons. The van der Waals surface area contributed by atoms with Crippen LogP contribution in [0.3, 0.4) is 0 Å². The van der Waals surface area contributed by atoms with Crippen LogP contribution in [0.4, 0.5) is 5.69 Å². The largest absolute Gasteiger partial charge is 0.453 e. The van der Waals surface area contributed by atoms with E-state index in [0.717, 1.165) is 15.4 Å². The van der Waals surface area contributed by atoms with Crippen molar-refractivity contribution < 1.29 is 9.21 Å². The quantitative estimate of drug-likeness (QED) is 0.342. The summed E-state index contributed by atoms with van der Waals surface area (Å²) in [5.74, 6) is 1.30. The molecule has 0 aliphatic carbocycles. The summed E-state index contributed by atoms with van der Waals surface area (Å²) in [6.45, 7) is 2.65. The Hall–Kier alpha value is -2.29. The van der Waals surface area contributed by atoms with Crippen LogP contribution in [0.5, 0.6) is 0 Å². The number of amides is 1. The lowest BCUT2D eigenvalue weighted by molar-refractivity contribution is -0.113. The number of aromatic nitrogens is 3. The van der Waals surface area contributed by atoms with Gasteiger partial charge in [0.1, 0.15) is 5.58 Å². The summed E-state index contributed by atoms with van der Waals surface area (Å²) in [7, 11) is 0. The van der Waals surface area contributed by atoms with E-state index in [9.17, 15) is 4.79 Å². The van der Waals surface area contributed by atoms with Crippen LogP contribution < -0.4 is 5.32 Å². The van der Waals surface area contributed by atoms with Gasteiger partial charge in [0.05, 0.1) is 16.5 Å². The summed E-state index contributed by atoms with van der Waals surface area (Å²) in [5.41, 5.74) is 1.37. The van der Waals surface area contributed by atoms with Gasteiger partial charge in [-0.25, -0.2) is 0 Å². The van der Waals surface area contributed by atoms with Gasteiger partial charge < -0.3 is 9.73 Å². The fourth-order valence-corrected chi connectivity index (χ4v) is 4.23. The van der Waals surface area contributed by atoms with Crippen LogP contribution >= 0.6 is 39.3 Å². The van der Waals surface area contributed by atoms with E-state index in [0.29, 0.717) is 34.0 Å². The summed E-state index contributed by atoms with van der Waals surface area (Å²) >= 11 is 10.9. The molecular formula is C20H16BrClN4O2S. The Kier molecular flexibility index (Phi) is 5.94. The molecule has 0 spiro atoms. The zero-order valence-corrected chi connectivity index (χ0v) is 18.5. The van der Waals surface area contributed by atoms with Crippen LogP contribution in [-0.4, -0.2) is 26.4 Å². The molecule has 0 saturated heterocycles. The monoisotopic (exact) mass is 490 g/mol. The molecule has 4 aromatic rings. The van der Waals surface area contributed by atoms with E-state index in [2.05, 4.69) is 31.4 Å². The molecule has 2 aromatic heterocycles. The average molecular weight is 492 g/mol. The predicted molar refractivity (Wildman–Crippen MR) is 119 cm³/mol. The first-order valence-electron chi connectivity index (χ1n) is 8.85. The van der Waals surface area contributed by atoms with Crippen molar-refractivity contribution in [2.45, 2.75) is 18.6 Å². The van der Waals surface area contributed by atoms with Gasteiger partial charge in [0.15, 0.2) is 10.9 Å². The molecule has 0 fully saturated rings. The molecular weight excluding hydrogens is 476 g/mol. The summed E-state index contributed by atoms with van der Waals surface area (Å²) in [6.07, 6.45) is 0. The Bertz CT molecular complexity index is 1190. The van der Waals surface area contributed by atoms with Gasteiger partial charge in [-0.05, 0) is 43.3 Å². The van der Waals surface area contributed by atoms with Gasteiger partial charge in [-0.15, -0.1) is 10.2 Å². The van der Waals surface area contributed by atoms with Gasteiger partial charge in [-0.1, -0.05) is 51.4 Å². The number of fused-ring (bicyclic) bond motifs is 1. The lowest BCUT2D eigenvalue weighted by Gasteiger charge is -2.07. The van der Waals surface area contributed by atoms with Gasteiger partial charge >= 0.3 is 0 Å². The standard InChI is InChI=1S/C20H16BrClN4O2S/c1-2-26-19(17-10-12-9-13(21)7-8-16(12)28-17)24-25-20(26)29-11-18(27)23-15-6-4-3-5-14(15)22/h3-10H,2,11H2,1H3,(H,23,27). The van der Waals surface area contributed by atoms with Crippen molar-refractivity contribution in [3.05, 3.63) is 58.0 Å². The minimum atomic E-state index is -0.163. The molecule has 0 saturated carbocycles. The number of carbonyl (C=O) groups is 1. The van der Waals surface area contributed by atoms with E-state index < -0.39 is 0 Å². The number of carbonyl (C=O) groups excluding carboxylic acids is 1. The van der Waals surface area contributed by atoms with Crippen molar-refractivity contribution in [2.75, 3.05) is 11.1 Å². The van der Waals surface area contributed by atoms with E-state index in [1.807, 2.05) is 47.9 Å². The second-order valence-corrected chi connectivity index (χ2v) is 8.43. The lowest BCUT2D eigenvalue weighted by Crippen LogP contribution is -2.14. The van der Waals surface area contributed by atoms with Crippen LogP contribution in [0.2, 0.25) is 5.02 Å². The highest BCUT2D eigenvalue weighted by atomic mass is 79.9. The minimum Gasteiger partial charge on any atom is -0.453 e. The highest BCUT2D eigenvalue weighted by molar-refractivity contribution is 9.10. The first kappa shape index (κ1) is 20.0. The molecule has 2 heterocycles. The van der Waals surface area contributed by atoms with Crippen LogP contribution in [-0.2, 0) is 11.3 Å². The Morgan fingerprint density at radius 3 is 2.86 bits per heavy atom. The smallest absolute Gasteiger partial charge is 0.234 e. The number of para-hydroxylation sites is 1. The topological polar surface area (TPSA) is 73.0 Å². The molecule has 0 aliphatic rings. The molecule has 29 heavy (non-hydrogen) atoms. The zero-order chi connectivity index (χ0) is 20.4. The number of halogens is 2. The Morgan fingerprint density at radius 1 is 1.24 bits per heavy atom. The van der Waals surface area contributed by atoms with Gasteiger partial charge in [0, 0.05) is 16.4 Å². The third-order valence-corrected chi connectivity index (χ3v) is 6.00. The molecule has 0 bridgehead atoms. The van der Waals surface area contributed by atoms with Crippen molar-refractivity contribution in [1.82, 2.24) is 14.8 Å². The number of furan rings is 1. The molecule has 0 unspecified atom stereocenters. The fourth-order valence-electron chi connectivity index (χ4n) is 2.87. The number of thioether (sulfide) groups is 1. The van der Waals surface area contributed by atoms with E-state index >= 15 is 0 Å². The molecule has 1 amide bonds. The average Bonchev–Trinajstić information content (AvgIpc) is 3.31. The number of nitrogens with one attached hydrogen (secondary N) is 1. The third kappa shape index (κ3) is 4.34. The maximum absolute atomic E-state index is 12.3. The van der Waals surface area contributed by atoms with Crippen molar-refractivity contribution in [1.29, 1.82) is 0 Å². The second kappa shape index (κ2) is 8.61. The van der Waals surface area contributed by atoms with Gasteiger partial charge in [0.25, 0.3) is 0 Å². The van der Waals surface area contributed by atoms with Crippen molar-refractivity contribution >= 4 is 61.9 Å². The first-order chi connectivity index (χ1) is 14.0. The summed E-state index contributed by atoms with van der Waals surface area (Å²) in [4.78, 5) is 12.3. The van der Waals surface area contributed by atoms with E-state index in [1.54, 1.807) is 12.1 Å². The van der Waals surface area contributed by atoms with E-state index in [-0.39, 0.29) is 11.7 Å². The molecule has 0 atom stereocenters. The summed E-state index contributed by atoms with van der Waals surface area (Å²) in [6, 6.07) is 14.9. The van der Waals surface area contributed by atoms with Crippen LogP contribution in [0.15, 0.2) is 62.6 Å². The third-order valence-electron chi connectivity index (χ3n) is 4.21. The van der Waals surface area contributed by atoms with Gasteiger partial charge in [-0.2, -0.15) is 0 Å². The van der Waals surface area contributed by atoms with Crippen molar-refractivity contribution in [3.8, 4) is 11.6 Å². The van der Waals surface area contributed by atoms with Crippen molar-refractivity contribution in [3.63, 3.8) is 0 Å². The fraction of sp³-hybridized carbons (Fsp3) is 0.150. The van der Waals surface area contributed by atoms with Crippen LogP contribution in [0.25, 0.3) is 22.6 Å². The highest BCUT2D eigenvalue weighted by Gasteiger charge is 2.18. The molecule has 1 N–H and O–H groups in total. The summed E-state index contributed by atoms with van der Waals surface area (Å²) < 4.78 is 8.85. The maximum Gasteiger partial charge on any atom is 0.234 e. The molecule has 2 aromatic carbocycles. The van der Waals surface area contributed by atoms with E-state index in [1.165, 1.54) is 11.8 Å². The Labute approximate surface area is 184 Å². The zero-order valence-electron chi connectivity index (χ0n) is 15.4. The van der Waals surface area contributed by atoms with E-state index in [4.69, 9.17) is 16.0 Å². The number of benzene rings is 2. The number of hydrogen-bond acceptors (Lipinski definition) is 5. The SMILES string of the molecule is CCn1c(SCC(=O)Nc2ccccc2Cl)nnc1-c1cc2cc(Br)ccc2o1. The Morgan fingerprint density at radius 2 is 2.07 bits per heavy atom. The second-order valence-electron chi connectivity index (χ2n) is 6.16. The van der Waals surface area contributed by atoms with Crippen molar-refractivity contribution in [2.24, 2.45) is 0 Å². The van der Waals surface area contributed by atoms with Gasteiger partial charge in [-0.3, -0.25) is 9.36 Å². The molecule has 6 nitrogen and oxygen atoms in total. The maximum atomic E-state index is 12.3. The predicted octanol–water partition coefficient (Wildman–Crippen LogP) is 5.86. The van der Waals surface area contributed by atoms with Gasteiger partial charge in [0.2, 0.25) is 11.7 Å². The van der Waals surface area contributed by atoms with Crippen LogP contribution in [0.1, 0.15) is 6.92 Å². The molecule has 148 valence electrons. The lowest BCUT2D eigenvalue weighted by atomic mass is 10.2. The molecule has 0 aliphatic heterocycles. The number of hydrogen-bond donors (Lipinski definition) is 1.